The molecular weight excluding hydrogens is 252 g/mol. The first-order valence-electron chi connectivity index (χ1n) is 6.48. The molecule has 0 amide bonds. The number of nitrogens with zero attached hydrogens (tertiary/aromatic N) is 2. The van der Waals surface area contributed by atoms with E-state index in [4.69, 9.17) is 5.73 Å². The van der Waals surface area contributed by atoms with Crippen molar-refractivity contribution in [3.8, 4) is 5.75 Å². The number of rotatable bonds is 3. The molecule has 3 rings (SSSR count). The van der Waals surface area contributed by atoms with Gasteiger partial charge in [-0.05, 0) is 43.2 Å². The molecule has 2 aromatic heterocycles. The van der Waals surface area contributed by atoms with E-state index in [1.165, 1.54) is 0 Å². The molecule has 2 heterocycles. The van der Waals surface area contributed by atoms with Crippen molar-refractivity contribution in [2.75, 3.05) is 0 Å². The Hall–Kier alpha value is -2.40. The first-order chi connectivity index (χ1) is 9.61. The molecule has 0 aliphatic rings. The predicted molar refractivity (Wildman–Crippen MR) is 77.4 cm³/mol. The molecule has 0 aliphatic carbocycles. The van der Waals surface area contributed by atoms with Crippen molar-refractivity contribution >= 4 is 11.2 Å². The van der Waals surface area contributed by atoms with Crippen LogP contribution in [0.25, 0.3) is 11.2 Å². The number of fused-ring (bicyclic) bond motifs is 1. The Morgan fingerprint density at radius 2 is 1.90 bits per heavy atom. The lowest BCUT2D eigenvalue weighted by Gasteiger charge is -2.08. The van der Waals surface area contributed by atoms with Gasteiger partial charge in [0.2, 0.25) is 0 Å². The van der Waals surface area contributed by atoms with Gasteiger partial charge in [0.1, 0.15) is 11.6 Å². The number of H-pyrrole nitrogens is 1. The third kappa shape index (κ3) is 2.48. The molecular formula is C15H16N4O. The highest BCUT2D eigenvalue weighted by Crippen LogP contribution is 2.18. The number of pyridine rings is 1. The monoisotopic (exact) mass is 268 g/mol. The fraction of sp³-hybridized carbons (Fsp3) is 0.200. The quantitative estimate of drug-likeness (QED) is 0.679. The van der Waals surface area contributed by atoms with Crippen LogP contribution in [-0.4, -0.2) is 20.1 Å². The molecule has 0 bridgehead atoms. The minimum Gasteiger partial charge on any atom is -0.508 e. The van der Waals surface area contributed by atoms with E-state index in [-0.39, 0.29) is 11.8 Å². The zero-order valence-corrected chi connectivity index (χ0v) is 11.2. The van der Waals surface area contributed by atoms with Gasteiger partial charge >= 0.3 is 0 Å². The number of aromatic nitrogens is 3. The lowest BCUT2D eigenvalue weighted by atomic mass is 10.1. The van der Waals surface area contributed by atoms with E-state index < -0.39 is 0 Å². The zero-order chi connectivity index (χ0) is 14.1. The van der Waals surface area contributed by atoms with E-state index in [2.05, 4.69) is 15.0 Å². The largest absolute Gasteiger partial charge is 0.508 e. The molecule has 0 saturated carbocycles. The van der Waals surface area contributed by atoms with Gasteiger partial charge in [0.05, 0.1) is 11.6 Å². The van der Waals surface area contributed by atoms with Gasteiger partial charge in [-0.1, -0.05) is 12.1 Å². The van der Waals surface area contributed by atoms with Crippen LogP contribution in [0.2, 0.25) is 0 Å². The standard InChI is InChI=1S/C15H16N4O/c1-9-2-7-13-15(17-9)19-14(18-13)12(16)8-10-3-5-11(20)6-4-10/h2-7,12,20H,8,16H2,1H3,(H,17,18,19). The summed E-state index contributed by atoms with van der Waals surface area (Å²) < 4.78 is 0. The molecule has 5 nitrogen and oxygen atoms in total. The second kappa shape index (κ2) is 4.94. The molecule has 1 unspecified atom stereocenters. The fourth-order valence-electron chi connectivity index (χ4n) is 2.16. The number of benzene rings is 1. The number of phenols is 1. The Morgan fingerprint density at radius 3 is 2.65 bits per heavy atom. The van der Waals surface area contributed by atoms with E-state index >= 15 is 0 Å². The highest BCUT2D eigenvalue weighted by Gasteiger charge is 2.12. The highest BCUT2D eigenvalue weighted by molar-refractivity contribution is 5.70. The molecule has 0 spiro atoms. The van der Waals surface area contributed by atoms with Gasteiger partial charge in [-0.2, -0.15) is 0 Å². The SMILES string of the molecule is Cc1ccc2[nH]c(C(N)Cc3ccc(O)cc3)nc2n1. The summed E-state index contributed by atoms with van der Waals surface area (Å²) in [5.41, 5.74) is 9.76. The van der Waals surface area contributed by atoms with Crippen molar-refractivity contribution in [1.82, 2.24) is 15.0 Å². The Balaban J connectivity index is 1.84. The van der Waals surface area contributed by atoms with Crippen LogP contribution in [0.15, 0.2) is 36.4 Å². The van der Waals surface area contributed by atoms with Gasteiger partial charge in [0, 0.05) is 5.69 Å². The molecule has 1 atom stereocenters. The van der Waals surface area contributed by atoms with E-state index in [0.29, 0.717) is 12.1 Å². The highest BCUT2D eigenvalue weighted by atomic mass is 16.3. The van der Waals surface area contributed by atoms with Crippen LogP contribution < -0.4 is 5.73 Å². The van der Waals surface area contributed by atoms with Crippen molar-refractivity contribution in [2.24, 2.45) is 5.73 Å². The number of nitrogens with one attached hydrogen (secondary N) is 1. The molecule has 5 heteroatoms. The summed E-state index contributed by atoms with van der Waals surface area (Å²) in [7, 11) is 0. The zero-order valence-electron chi connectivity index (χ0n) is 11.2. The second-order valence-electron chi connectivity index (χ2n) is 4.92. The van der Waals surface area contributed by atoms with Crippen LogP contribution in [0, 0.1) is 6.92 Å². The average molecular weight is 268 g/mol. The first kappa shape index (κ1) is 12.6. The van der Waals surface area contributed by atoms with Gasteiger partial charge < -0.3 is 15.8 Å². The number of aromatic amines is 1. The van der Waals surface area contributed by atoms with Crippen LogP contribution in [0.3, 0.4) is 0 Å². The minimum absolute atomic E-state index is 0.228. The second-order valence-corrected chi connectivity index (χ2v) is 4.92. The summed E-state index contributed by atoms with van der Waals surface area (Å²) >= 11 is 0. The molecule has 0 radical (unpaired) electrons. The Morgan fingerprint density at radius 1 is 1.15 bits per heavy atom. The van der Waals surface area contributed by atoms with E-state index in [9.17, 15) is 5.11 Å². The van der Waals surface area contributed by atoms with Crippen molar-refractivity contribution in [1.29, 1.82) is 0 Å². The third-order valence-corrected chi connectivity index (χ3v) is 3.25. The molecule has 3 aromatic rings. The number of aromatic hydroxyl groups is 1. The topological polar surface area (TPSA) is 87.8 Å². The summed E-state index contributed by atoms with van der Waals surface area (Å²) in [6.45, 7) is 1.93. The maximum atomic E-state index is 9.27. The predicted octanol–water partition coefficient (Wildman–Crippen LogP) is 2.21. The molecule has 4 N–H and O–H groups in total. The number of hydrogen-bond donors (Lipinski definition) is 3. The maximum Gasteiger partial charge on any atom is 0.177 e. The third-order valence-electron chi connectivity index (χ3n) is 3.25. The summed E-state index contributed by atoms with van der Waals surface area (Å²) in [4.78, 5) is 12.0. The summed E-state index contributed by atoms with van der Waals surface area (Å²) in [6, 6.07) is 10.7. The summed E-state index contributed by atoms with van der Waals surface area (Å²) in [5.74, 6) is 0.983. The van der Waals surface area contributed by atoms with E-state index in [0.717, 1.165) is 22.6 Å². The molecule has 1 aromatic carbocycles. The molecule has 102 valence electrons. The number of hydrogen-bond acceptors (Lipinski definition) is 4. The lowest BCUT2D eigenvalue weighted by molar-refractivity contribution is 0.475. The van der Waals surface area contributed by atoms with Gasteiger partial charge in [0.25, 0.3) is 0 Å². The number of imidazole rings is 1. The van der Waals surface area contributed by atoms with Crippen molar-refractivity contribution in [3.63, 3.8) is 0 Å². The minimum atomic E-state index is -0.228. The maximum absolute atomic E-state index is 9.27. The number of phenolic OH excluding ortho intramolecular Hbond substituents is 1. The van der Waals surface area contributed by atoms with Gasteiger partial charge in [-0.25, -0.2) is 9.97 Å². The van der Waals surface area contributed by atoms with Gasteiger partial charge in [-0.3, -0.25) is 0 Å². The molecule has 0 fully saturated rings. The number of aryl methyl sites for hydroxylation is 1. The van der Waals surface area contributed by atoms with Crippen LogP contribution in [0.1, 0.15) is 23.1 Å². The summed E-state index contributed by atoms with van der Waals surface area (Å²) in [6.07, 6.45) is 0.652. The van der Waals surface area contributed by atoms with Crippen LogP contribution in [0.4, 0.5) is 0 Å². The fourth-order valence-corrected chi connectivity index (χ4v) is 2.16. The van der Waals surface area contributed by atoms with Crippen LogP contribution in [0.5, 0.6) is 5.75 Å². The van der Waals surface area contributed by atoms with Crippen molar-refractivity contribution in [2.45, 2.75) is 19.4 Å². The van der Waals surface area contributed by atoms with Gasteiger partial charge in [0.15, 0.2) is 5.65 Å². The van der Waals surface area contributed by atoms with Gasteiger partial charge in [-0.15, -0.1) is 0 Å². The molecule has 0 aliphatic heterocycles. The first-order valence-corrected chi connectivity index (χ1v) is 6.48. The molecule has 0 saturated heterocycles. The lowest BCUT2D eigenvalue weighted by Crippen LogP contribution is -2.14. The van der Waals surface area contributed by atoms with Crippen molar-refractivity contribution < 1.29 is 5.11 Å². The van der Waals surface area contributed by atoms with E-state index in [1.54, 1.807) is 12.1 Å². The van der Waals surface area contributed by atoms with Crippen LogP contribution >= 0.6 is 0 Å². The Labute approximate surface area is 116 Å². The summed E-state index contributed by atoms with van der Waals surface area (Å²) in [5, 5.41) is 9.27. The Kier molecular flexibility index (Phi) is 3.12. The normalized spacial score (nSPS) is 12.7. The smallest absolute Gasteiger partial charge is 0.177 e. The van der Waals surface area contributed by atoms with Crippen LogP contribution in [-0.2, 0) is 6.42 Å². The number of nitrogens with two attached hydrogens (primary N) is 1. The molecule has 20 heavy (non-hydrogen) atoms. The van der Waals surface area contributed by atoms with Crippen molar-refractivity contribution in [3.05, 3.63) is 53.5 Å². The van der Waals surface area contributed by atoms with E-state index in [1.807, 2.05) is 31.2 Å². The average Bonchev–Trinajstić information content (AvgIpc) is 2.84. The Bertz CT molecular complexity index is 733.